The fraction of sp³-hybridized carbons (Fsp3) is 0.900. The van der Waals surface area contributed by atoms with E-state index in [0.29, 0.717) is 23.4 Å². The maximum absolute atomic E-state index is 12.4. The van der Waals surface area contributed by atoms with Gasteiger partial charge in [0, 0.05) is 5.41 Å². The van der Waals surface area contributed by atoms with Crippen molar-refractivity contribution in [3.63, 3.8) is 0 Å². The molecule has 0 aromatic heterocycles. The first-order valence-electron chi connectivity index (χ1n) is 9.58. The molecule has 0 saturated heterocycles. The number of likely N-dealkylation sites (N-methyl/N-ethyl adjacent to an activating group) is 1. The van der Waals surface area contributed by atoms with E-state index in [1.165, 1.54) is 6.42 Å². The normalized spacial score (nSPS) is 30.6. The number of carbonyl (C=O) groups is 2. The molecule has 144 valence electrons. The van der Waals surface area contributed by atoms with Gasteiger partial charge >= 0.3 is 11.9 Å². The van der Waals surface area contributed by atoms with Gasteiger partial charge in [-0.3, -0.25) is 4.79 Å². The van der Waals surface area contributed by atoms with E-state index >= 15 is 0 Å². The van der Waals surface area contributed by atoms with Crippen LogP contribution in [0, 0.1) is 16.7 Å². The number of nitrogens with zero attached hydrogens (tertiary/aromatic N) is 1. The van der Waals surface area contributed by atoms with Gasteiger partial charge < -0.3 is 14.0 Å². The van der Waals surface area contributed by atoms with E-state index in [9.17, 15) is 9.59 Å². The van der Waals surface area contributed by atoms with Crippen molar-refractivity contribution < 1.29 is 23.5 Å². The lowest BCUT2D eigenvalue weighted by Crippen LogP contribution is -2.46. The van der Waals surface area contributed by atoms with Gasteiger partial charge in [-0.25, -0.2) is 4.79 Å². The second-order valence-electron chi connectivity index (χ2n) is 9.70. The summed E-state index contributed by atoms with van der Waals surface area (Å²) in [6.07, 6.45) is 3.65. The number of carbonyl (C=O) groups excluding carboxylic acids is 2. The van der Waals surface area contributed by atoms with Crippen LogP contribution in [0.3, 0.4) is 0 Å². The molecule has 0 aromatic carbocycles. The van der Waals surface area contributed by atoms with Gasteiger partial charge in [0.2, 0.25) is 0 Å². The summed E-state index contributed by atoms with van der Waals surface area (Å²) < 4.78 is 11.5. The number of rotatable bonds is 7. The standard InChI is InChI=1S/C20H36NO4/c1-14(2)24-18(23)13-21(6,7)11-9-17(22)25-16-12-15-8-10-20(16,5)19(15,3)4/h14-16H,8-13H2,1-7H3/q+1/t15-,16+,20+/m1/s1. The summed E-state index contributed by atoms with van der Waals surface area (Å²) in [6, 6.07) is 0. The quantitative estimate of drug-likeness (QED) is 0.520. The lowest BCUT2D eigenvalue weighted by atomic mass is 9.70. The number of quaternary nitrogens is 1. The molecule has 2 aliphatic carbocycles. The minimum Gasteiger partial charge on any atom is -0.462 e. The summed E-state index contributed by atoms with van der Waals surface area (Å²) in [4.78, 5) is 24.2. The highest BCUT2D eigenvalue weighted by Gasteiger charge is 2.62. The van der Waals surface area contributed by atoms with Crippen molar-refractivity contribution in [3.8, 4) is 0 Å². The van der Waals surface area contributed by atoms with Gasteiger partial charge in [-0.2, -0.15) is 0 Å². The average molecular weight is 355 g/mol. The van der Waals surface area contributed by atoms with Crippen LogP contribution in [0.5, 0.6) is 0 Å². The predicted molar refractivity (Wildman–Crippen MR) is 96.8 cm³/mol. The van der Waals surface area contributed by atoms with Gasteiger partial charge in [0.05, 0.1) is 33.2 Å². The molecule has 0 heterocycles. The lowest BCUT2D eigenvalue weighted by molar-refractivity contribution is -0.882. The summed E-state index contributed by atoms with van der Waals surface area (Å²) in [6.45, 7) is 11.4. The molecule has 0 amide bonds. The number of fused-ring (bicyclic) bond motifs is 2. The first-order chi connectivity index (χ1) is 11.4. The van der Waals surface area contributed by atoms with E-state index in [0.717, 1.165) is 12.8 Å². The van der Waals surface area contributed by atoms with Crippen LogP contribution in [0.1, 0.15) is 60.3 Å². The Hall–Kier alpha value is -1.10. The van der Waals surface area contributed by atoms with Crippen molar-refractivity contribution in [1.82, 2.24) is 0 Å². The van der Waals surface area contributed by atoms with Crippen molar-refractivity contribution in [1.29, 1.82) is 0 Å². The Morgan fingerprint density at radius 1 is 1.16 bits per heavy atom. The molecule has 0 spiro atoms. The predicted octanol–water partition coefficient (Wildman–Crippen LogP) is 3.16. The van der Waals surface area contributed by atoms with E-state index in [-0.39, 0.29) is 41.5 Å². The first-order valence-corrected chi connectivity index (χ1v) is 9.58. The zero-order valence-electron chi connectivity index (χ0n) is 17.1. The Balaban J connectivity index is 1.82. The van der Waals surface area contributed by atoms with Crippen molar-refractivity contribution in [3.05, 3.63) is 0 Å². The van der Waals surface area contributed by atoms with Gasteiger partial charge in [0.1, 0.15) is 6.10 Å². The van der Waals surface area contributed by atoms with Crippen LogP contribution in [0.4, 0.5) is 0 Å². The van der Waals surface area contributed by atoms with Crippen LogP contribution in [0.15, 0.2) is 0 Å². The molecule has 5 heteroatoms. The Kier molecular flexibility index (Phi) is 5.58. The maximum atomic E-state index is 12.4. The third kappa shape index (κ3) is 4.18. The minimum atomic E-state index is -0.226. The van der Waals surface area contributed by atoms with E-state index in [4.69, 9.17) is 9.47 Å². The number of esters is 2. The highest BCUT2D eigenvalue weighted by Crippen LogP contribution is 2.66. The van der Waals surface area contributed by atoms with Crippen molar-refractivity contribution in [2.45, 2.75) is 72.5 Å². The molecule has 0 radical (unpaired) electrons. The third-order valence-electron chi connectivity index (χ3n) is 6.83. The molecule has 25 heavy (non-hydrogen) atoms. The van der Waals surface area contributed by atoms with E-state index in [1.54, 1.807) is 0 Å². The van der Waals surface area contributed by atoms with Crippen molar-refractivity contribution in [2.24, 2.45) is 16.7 Å². The van der Waals surface area contributed by atoms with Crippen molar-refractivity contribution >= 4 is 11.9 Å². The Labute approximate surface area is 152 Å². The third-order valence-corrected chi connectivity index (χ3v) is 6.83. The number of ether oxygens (including phenoxy) is 2. The smallest absolute Gasteiger partial charge is 0.362 e. The lowest BCUT2D eigenvalue weighted by Gasteiger charge is -2.38. The molecular weight excluding hydrogens is 318 g/mol. The molecule has 0 aliphatic heterocycles. The first kappa shape index (κ1) is 20.2. The topological polar surface area (TPSA) is 52.6 Å². The summed E-state index contributed by atoms with van der Waals surface area (Å²) in [5, 5.41) is 0. The monoisotopic (exact) mass is 354 g/mol. The van der Waals surface area contributed by atoms with E-state index in [1.807, 2.05) is 27.9 Å². The fourth-order valence-corrected chi connectivity index (χ4v) is 4.65. The fourth-order valence-electron chi connectivity index (χ4n) is 4.65. The van der Waals surface area contributed by atoms with Gasteiger partial charge in [-0.1, -0.05) is 20.8 Å². The molecule has 2 saturated carbocycles. The zero-order valence-corrected chi connectivity index (χ0v) is 17.1. The highest BCUT2D eigenvalue weighted by molar-refractivity contribution is 5.71. The number of hydrogen-bond acceptors (Lipinski definition) is 4. The minimum absolute atomic E-state index is 0.0373. The Bertz CT molecular complexity index is 526. The molecule has 2 rings (SSSR count). The molecule has 2 aliphatic rings. The molecule has 2 fully saturated rings. The molecule has 3 atom stereocenters. The summed E-state index contributed by atoms with van der Waals surface area (Å²) in [5.74, 6) is 0.294. The van der Waals surface area contributed by atoms with Gasteiger partial charge in [-0.15, -0.1) is 0 Å². The van der Waals surface area contributed by atoms with Gasteiger partial charge in [-0.05, 0) is 44.4 Å². The van der Waals surface area contributed by atoms with Crippen LogP contribution in [0.25, 0.3) is 0 Å². The van der Waals surface area contributed by atoms with Gasteiger partial charge in [0.15, 0.2) is 6.54 Å². The van der Waals surface area contributed by atoms with Crippen LogP contribution in [-0.4, -0.2) is 55.8 Å². The SMILES string of the molecule is CC(C)OC(=O)C[N+](C)(C)CCC(=O)O[C@H]1C[C@H]2CC[C@]1(C)C2(C)C. The molecule has 0 N–H and O–H groups in total. The van der Waals surface area contributed by atoms with E-state index in [2.05, 4.69) is 20.8 Å². The number of hydrogen-bond donors (Lipinski definition) is 0. The van der Waals surface area contributed by atoms with Crippen LogP contribution < -0.4 is 0 Å². The molecule has 5 nitrogen and oxygen atoms in total. The largest absolute Gasteiger partial charge is 0.462 e. The summed E-state index contributed by atoms with van der Waals surface area (Å²) in [5.41, 5.74) is 0.340. The van der Waals surface area contributed by atoms with Crippen LogP contribution in [-0.2, 0) is 19.1 Å². The Morgan fingerprint density at radius 2 is 1.80 bits per heavy atom. The Morgan fingerprint density at radius 3 is 2.28 bits per heavy atom. The van der Waals surface area contributed by atoms with Crippen molar-refractivity contribution in [2.75, 3.05) is 27.2 Å². The molecular formula is C20H36NO4+. The highest BCUT2D eigenvalue weighted by atomic mass is 16.5. The van der Waals surface area contributed by atoms with Crippen LogP contribution in [0.2, 0.25) is 0 Å². The van der Waals surface area contributed by atoms with E-state index < -0.39 is 0 Å². The second-order valence-corrected chi connectivity index (χ2v) is 9.70. The molecule has 0 aromatic rings. The maximum Gasteiger partial charge on any atom is 0.362 e. The summed E-state index contributed by atoms with van der Waals surface area (Å²) >= 11 is 0. The van der Waals surface area contributed by atoms with Crippen LogP contribution >= 0.6 is 0 Å². The average Bonchev–Trinajstić information content (AvgIpc) is 2.77. The molecule has 2 bridgehead atoms. The second kappa shape index (κ2) is 6.90. The zero-order chi connectivity index (χ0) is 19.0. The van der Waals surface area contributed by atoms with Gasteiger partial charge in [0.25, 0.3) is 0 Å². The molecule has 0 unspecified atom stereocenters. The summed E-state index contributed by atoms with van der Waals surface area (Å²) in [7, 11) is 3.88.